The molecule has 1 saturated heterocycles. The van der Waals surface area contributed by atoms with Gasteiger partial charge in [-0.1, -0.05) is 31.5 Å². The normalized spacial score (nSPS) is 17.9. The van der Waals surface area contributed by atoms with Crippen LogP contribution in [-0.2, 0) is 22.6 Å². The molecule has 0 saturated carbocycles. The first-order valence-corrected chi connectivity index (χ1v) is 12.7. The van der Waals surface area contributed by atoms with Gasteiger partial charge in [0.25, 0.3) is 5.91 Å². The molecular formula is C27H38N6O3. The van der Waals surface area contributed by atoms with E-state index >= 15 is 0 Å². The van der Waals surface area contributed by atoms with Crippen molar-refractivity contribution in [2.45, 2.75) is 65.1 Å². The van der Waals surface area contributed by atoms with Gasteiger partial charge in [-0.3, -0.25) is 14.4 Å². The predicted molar refractivity (Wildman–Crippen MR) is 140 cm³/mol. The third kappa shape index (κ3) is 7.78. The number of nitrogen functional groups attached to an aromatic ring is 1. The minimum Gasteiger partial charge on any atom is -0.384 e. The number of unbranched alkanes of at least 4 members (excludes halogenated alkanes) is 1. The maximum Gasteiger partial charge on any atom is 0.251 e. The van der Waals surface area contributed by atoms with Crippen molar-refractivity contribution in [3.05, 3.63) is 58.8 Å². The molecule has 0 unspecified atom stereocenters. The number of carbonyl (C=O) groups excluding carboxylic acids is 3. The van der Waals surface area contributed by atoms with Gasteiger partial charge in [-0.2, -0.15) is 0 Å². The average Bonchev–Trinajstić information content (AvgIpc) is 3.32. The Balaban J connectivity index is 1.45. The lowest BCUT2D eigenvalue weighted by Crippen LogP contribution is -2.50. The maximum absolute atomic E-state index is 12.8. The Morgan fingerprint density at radius 3 is 2.75 bits per heavy atom. The quantitative estimate of drug-likeness (QED) is 0.302. The lowest BCUT2D eigenvalue weighted by Gasteiger charge is -2.17. The number of pyridine rings is 1. The monoisotopic (exact) mass is 494 g/mol. The zero-order chi connectivity index (χ0) is 26.1. The molecule has 2 aromatic rings. The van der Waals surface area contributed by atoms with Crippen LogP contribution in [0, 0.1) is 12.8 Å². The van der Waals surface area contributed by atoms with Crippen LogP contribution in [-0.4, -0.2) is 47.9 Å². The minimum atomic E-state index is -0.664. The molecule has 1 aliphatic rings. The van der Waals surface area contributed by atoms with E-state index in [2.05, 4.69) is 33.2 Å². The molecule has 0 bridgehead atoms. The molecule has 36 heavy (non-hydrogen) atoms. The number of benzene rings is 1. The topological polar surface area (TPSA) is 138 Å². The molecule has 0 radical (unpaired) electrons. The van der Waals surface area contributed by atoms with E-state index in [0.29, 0.717) is 37.4 Å². The van der Waals surface area contributed by atoms with E-state index in [1.165, 1.54) is 0 Å². The smallest absolute Gasteiger partial charge is 0.251 e. The average molecular weight is 495 g/mol. The number of carbonyl (C=O) groups is 3. The molecule has 2 heterocycles. The second kappa shape index (κ2) is 13.0. The predicted octanol–water partition coefficient (Wildman–Crippen LogP) is 1.84. The molecule has 1 aromatic heterocycles. The van der Waals surface area contributed by atoms with Crippen molar-refractivity contribution in [3.63, 3.8) is 0 Å². The number of hydrogen-bond donors (Lipinski definition) is 5. The Hall–Kier alpha value is -3.46. The van der Waals surface area contributed by atoms with Crippen LogP contribution in [0.4, 0.5) is 5.82 Å². The van der Waals surface area contributed by atoms with E-state index in [1.54, 1.807) is 13.0 Å². The summed E-state index contributed by atoms with van der Waals surface area (Å²) in [4.78, 5) is 41.8. The fraction of sp³-hybridized carbons (Fsp3) is 0.481. The van der Waals surface area contributed by atoms with Gasteiger partial charge in [0, 0.05) is 24.3 Å². The lowest BCUT2D eigenvalue weighted by molar-refractivity contribution is -0.129. The fourth-order valence-corrected chi connectivity index (χ4v) is 4.33. The van der Waals surface area contributed by atoms with Crippen molar-refractivity contribution in [2.75, 3.05) is 18.8 Å². The van der Waals surface area contributed by atoms with Gasteiger partial charge in [0.2, 0.25) is 11.8 Å². The Morgan fingerprint density at radius 1 is 1.19 bits per heavy atom. The van der Waals surface area contributed by atoms with Crippen LogP contribution in [0.15, 0.2) is 36.4 Å². The molecule has 0 spiro atoms. The summed E-state index contributed by atoms with van der Waals surface area (Å²) in [6.07, 6.45) is 3.44. The molecule has 3 rings (SSSR count). The van der Waals surface area contributed by atoms with Gasteiger partial charge in [0.1, 0.15) is 11.9 Å². The number of amides is 3. The number of hydrogen-bond acceptors (Lipinski definition) is 6. The Morgan fingerprint density at radius 2 is 2.00 bits per heavy atom. The van der Waals surface area contributed by atoms with Crippen LogP contribution in [0.3, 0.4) is 0 Å². The van der Waals surface area contributed by atoms with E-state index in [9.17, 15) is 14.4 Å². The Bertz CT molecular complexity index is 1070. The van der Waals surface area contributed by atoms with E-state index in [1.807, 2.05) is 37.3 Å². The van der Waals surface area contributed by atoms with Gasteiger partial charge in [-0.05, 0) is 74.9 Å². The van der Waals surface area contributed by atoms with Crippen LogP contribution in [0.25, 0.3) is 0 Å². The van der Waals surface area contributed by atoms with E-state index in [-0.39, 0.29) is 29.7 Å². The third-order valence-electron chi connectivity index (χ3n) is 6.49. The fourth-order valence-electron chi connectivity index (χ4n) is 4.33. The van der Waals surface area contributed by atoms with Crippen molar-refractivity contribution in [1.82, 2.24) is 26.3 Å². The SMILES string of the molecule is CCCCNC(=O)c1cccc(C[C@@H]2CN[C@@H](C(=O)N[C@@H](C)C(=O)NCc3ccc(N)nc3C)C2)c1. The van der Waals surface area contributed by atoms with Crippen molar-refractivity contribution in [3.8, 4) is 0 Å². The van der Waals surface area contributed by atoms with Gasteiger partial charge >= 0.3 is 0 Å². The highest BCUT2D eigenvalue weighted by atomic mass is 16.2. The van der Waals surface area contributed by atoms with Crippen LogP contribution < -0.4 is 27.0 Å². The highest BCUT2D eigenvalue weighted by molar-refractivity contribution is 5.94. The van der Waals surface area contributed by atoms with Crippen molar-refractivity contribution in [2.24, 2.45) is 5.92 Å². The number of nitrogens with one attached hydrogen (secondary N) is 4. The molecule has 1 aliphatic heterocycles. The summed E-state index contributed by atoms with van der Waals surface area (Å²) in [6, 6.07) is 10.2. The van der Waals surface area contributed by atoms with E-state index < -0.39 is 6.04 Å². The molecule has 6 N–H and O–H groups in total. The van der Waals surface area contributed by atoms with Crippen LogP contribution in [0.1, 0.15) is 60.3 Å². The largest absolute Gasteiger partial charge is 0.384 e. The van der Waals surface area contributed by atoms with Crippen LogP contribution in [0.2, 0.25) is 0 Å². The number of rotatable bonds is 11. The summed E-state index contributed by atoms with van der Waals surface area (Å²) >= 11 is 0. The first kappa shape index (κ1) is 27.1. The Kier molecular flexibility index (Phi) is 9.81. The minimum absolute atomic E-state index is 0.0535. The molecule has 3 amide bonds. The summed E-state index contributed by atoms with van der Waals surface area (Å²) in [6.45, 7) is 7.30. The lowest BCUT2D eigenvalue weighted by atomic mass is 9.95. The van der Waals surface area contributed by atoms with Crippen LogP contribution in [0.5, 0.6) is 0 Å². The molecule has 9 nitrogen and oxygen atoms in total. The van der Waals surface area contributed by atoms with Crippen molar-refractivity contribution < 1.29 is 14.4 Å². The van der Waals surface area contributed by atoms with Crippen molar-refractivity contribution >= 4 is 23.5 Å². The van der Waals surface area contributed by atoms with Gasteiger partial charge in [0.15, 0.2) is 0 Å². The number of anilines is 1. The summed E-state index contributed by atoms with van der Waals surface area (Å²) in [7, 11) is 0. The molecule has 194 valence electrons. The second-order valence-corrected chi connectivity index (χ2v) is 9.51. The molecule has 1 aromatic carbocycles. The molecule has 0 aliphatic carbocycles. The van der Waals surface area contributed by atoms with Crippen molar-refractivity contribution in [1.29, 1.82) is 0 Å². The zero-order valence-corrected chi connectivity index (χ0v) is 21.4. The highest BCUT2D eigenvalue weighted by Gasteiger charge is 2.31. The first-order chi connectivity index (χ1) is 17.3. The third-order valence-corrected chi connectivity index (χ3v) is 6.49. The summed E-state index contributed by atoms with van der Waals surface area (Å²) < 4.78 is 0. The molecule has 9 heteroatoms. The van der Waals surface area contributed by atoms with E-state index in [0.717, 1.165) is 36.1 Å². The standard InChI is InChI=1S/C27H38N6O3/c1-4-5-11-29-26(35)21-8-6-7-19(13-21)12-20-14-23(30-15-20)27(36)33-18(3)25(34)31-16-22-9-10-24(28)32-17(22)2/h6-10,13,18,20,23,30H,4-5,11-12,14-16H2,1-3H3,(H2,28,32)(H,29,35)(H,31,34)(H,33,36)/t18-,20-,23+/m0/s1. The van der Waals surface area contributed by atoms with Gasteiger partial charge < -0.3 is 27.0 Å². The number of aromatic nitrogens is 1. The number of nitrogens with two attached hydrogens (primary N) is 1. The highest BCUT2D eigenvalue weighted by Crippen LogP contribution is 2.20. The second-order valence-electron chi connectivity index (χ2n) is 9.51. The first-order valence-electron chi connectivity index (χ1n) is 12.7. The van der Waals surface area contributed by atoms with Gasteiger partial charge in [-0.25, -0.2) is 4.98 Å². The van der Waals surface area contributed by atoms with E-state index in [4.69, 9.17) is 5.73 Å². The zero-order valence-electron chi connectivity index (χ0n) is 21.4. The maximum atomic E-state index is 12.8. The number of nitrogens with zero attached hydrogens (tertiary/aromatic N) is 1. The summed E-state index contributed by atoms with van der Waals surface area (Å²) in [5.74, 6) is 0.204. The van der Waals surface area contributed by atoms with Crippen LogP contribution >= 0.6 is 0 Å². The summed E-state index contributed by atoms with van der Waals surface area (Å²) in [5.41, 5.74) is 9.04. The molecule has 3 atom stereocenters. The summed E-state index contributed by atoms with van der Waals surface area (Å²) in [5, 5.41) is 11.9. The number of aryl methyl sites for hydroxylation is 1. The van der Waals surface area contributed by atoms with Gasteiger partial charge in [0.05, 0.1) is 6.04 Å². The molecular weight excluding hydrogens is 456 g/mol. The van der Waals surface area contributed by atoms with Gasteiger partial charge in [-0.15, -0.1) is 0 Å². The molecule has 1 fully saturated rings. The Labute approximate surface area is 213 Å².